The third-order valence-electron chi connectivity index (χ3n) is 5.18. The van der Waals surface area contributed by atoms with E-state index in [0.29, 0.717) is 6.54 Å². The number of hydrogen-bond acceptors (Lipinski definition) is 6. The van der Waals surface area contributed by atoms with Gasteiger partial charge in [0.15, 0.2) is 5.96 Å². The molecule has 1 aromatic heterocycles. The number of guanidine groups is 1. The lowest BCUT2D eigenvalue weighted by molar-refractivity contribution is 0.239. The van der Waals surface area contributed by atoms with E-state index in [2.05, 4.69) is 60.5 Å². The average Bonchev–Trinajstić information content (AvgIpc) is 2.78. The number of hydrogen-bond donors (Lipinski definition) is 2. The van der Waals surface area contributed by atoms with Gasteiger partial charge in [-0.15, -0.1) is 0 Å². The van der Waals surface area contributed by atoms with Crippen LogP contribution in [-0.4, -0.2) is 73.2 Å². The highest BCUT2D eigenvalue weighted by Crippen LogP contribution is 2.21. The van der Waals surface area contributed by atoms with E-state index in [9.17, 15) is 0 Å². The van der Waals surface area contributed by atoms with E-state index < -0.39 is 0 Å². The van der Waals surface area contributed by atoms with E-state index in [4.69, 9.17) is 4.74 Å². The number of aryl methyl sites for hydroxylation is 1. The van der Waals surface area contributed by atoms with Gasteiger partial charge in [0.05, 0.1) is 6.10 Å². The van der Waals surface area contributed by atoms with Gasteiger partial charge in [-0.2, -0.15) is 0 Å². The molecule has 0 atom stereocenters. The summed E-state index contributed by atoms with van der Waals surface area (Å²) in [6, 6.07) is 8.17. The van der Waals surface area contributed by atoms with Crippen molar-refractivity contribution in [3.63, 3.8) is 0 Å². The van der Waals surface area contributed by atoms with Crippen LogP contribution < -0.4 is 20.3 Å². The van der Waals surface area contributed by atoms with Crippen molar-refractivity contribution in [2.75, 3.05) is 51.2 Å². The number of anilines is 1. The molecule has 1 aliphatic heterocycles. The van der Waals surface area contributed by atoms with Crippen molar-refractivity contribution in [1.29, 1.82) is 0 Å². The van der Waals surface area contributed by atoms with Crippen LogP contribution in [0.25, 0.3) is 0 Å². The Labute approximate surface area is 185 Å². The molecule has 8 heteroatoms. The molecule has 1 aliphatic rings. The van der Waals surface area contributed by atoms with E-state index >= 15 is 0 Å². The Morgan fingerprint density at radius 1 is 1.13 bits per heavy atom. The van der Waals surface area contributed by atoms with Gasteiger partial charge < -0.3 is 20.3 Å². The normalized spacial score (nSPS) is 15.3. The Balaban J connectivity index is 1.41. The number of nitrogens with one attached hydrogen (secondary N) is 2. The molecule has 3 rings (SSSR count). The molecule has 1 aromatic carbocycles. The smallest absolute Gasteiger partial charge is 0.225 e. The number of aromatic nitrogens is 2. The second-order valence-corrected chi connectivity index (χ2v) is 8.01. The molecule has 31 heavy (non-hydrogen) atoms. The molecule has 2 heterocycles. The van der Waals surface area contributed by atoms with E-state index in [1.807, 2.05) is 19.9 Å². The molecule has 0 amide bonds. The summed E-state index contributed by atoms with van der Waals surface area (Å²) in [5, 5.41) is 6.82. The zero-order valence-electron chi connectivity index (χ0n) is 19.1. The zero-order valence-corrected chi connectivity index (χ0v) is 19.1. The van der Waals surface area contributed by atoms with E-state index in [0.717, 1.165) is 62.5 Å². The van der Waals surface area contributed by atoms with Crippen molar-refractivity contribution < 1.29 is 4.74 Å². The largest absolute Gasteiger partial charge is 0.491 e. The van der Waals surface area contributed by atoms with Crippen LogP contribution in [0.15, 0.2) is 41.7 Å². The fraction of sp³-hybridized carbons (Fsp3) is 0.522. The number of aliphatic imine (C=N–C) groups is 1. The van der Waals surface area contributed by atoms with Crippen LogP contribution in [-0.2, 0) is 6.54 Å². The zero-order chi connectivity index (χ0) is 22.1. The predicted octanol–water partition coefficient (Wildman–Crippen LogP) is 2.06. The summed E-state index contributed by atoms with van der Waals surface area (Å²) in [5.74, 6) is 2.55. The lowest BCUT2D eigenvalue weighted by Crippen LogP contribution is -2.49. The topological polar surface area (TPSA) is 77.9 Å². The number of piperazine rings is 1. The molecule has 8 nitrogen and oxygen atoms in total. The molecule has 0 spiro atoms. The molecule has 2 N–H and O–H groups in total. The van der Waals surface area contributed by atoms with E-state index in [1.165, 1.54) is 5.56 Å². The van der Waals surface area contributed by atoms with Gasteiger partial charge in [0.2, 0.25) is 5.95 Å². The summed E-state index contributed by atoms with van der Waals surface area (Å²) in [7, 11) is 1.80. The average molecular weight is 426 g/mol. The first-order chi connectivity index (χ1) is 15.0. The van der Waals surface area contributed by atoms with E-state index in [-0.39, 0.29) is 6.10 Å². The minimum absolute atomic E-state index is 0.145. The van der Waals surface area contributed by atoms with E-state index in [1.54, 1.807) is 19.4 Å². The highest BCUT2D eigenvalue weighted by Gasteiger charge is 2.18. The number of nitrogens with zero attached hydrogens (tertiary/aromatic N) is 5. The minimum atomic E-state index is 0.145. The third-order valence-corrected chi connectivity index (χ3v) is 5.18. The fourth-order valence-electron chi connectivity index (χ4n) is 3.53. The number of benzene rings is 1. The number of ether oxygens (including phenoxy) is 1. The molecule has 0 aliphatic carbocycles. The molecular formula is C23H35N7O. The van der Waals surface area contributed by atoms with Crippen LogP contribution in [0, 0.1) is 6.92 Å². The standard InChI is InChI=1S/C23H35N7O/c1-18(2)31-21-16-19(3)6-7-20(21)17-28-22(24-4)25-10-11-29-12-14-30(15-13-29)23-26-8-5-9-27-23/h5-9,16,18H,10-15,17H2,1-4H3,(H2,24,25,28). The van der Waals surface area contributed by atoms with Gasteiger partial charge in [-0.05, 0) is 38.5 Å². The van der Waals surface area contributed by atoms with Gasteiger partial charge in [0, 0.05) is 70.8 Å². The first kappa shape index (κ1) is 22.8. The molecule has 0 unspecified atom stereocenters. The van der Waals surface area contributed by atoms with Crippen LogP contribution in [0.4, 0.5) is 5.95 Å². The molecule has 0 bridgehead atoms. The first-order valence-electron chi connectivity index (χ1n) is 11.0. The first-order valence-corrected chi connectivity index (χ1v) is 11.0. The van der Waals surface area contributed by atoms with Gasteiger partial charge in [-0.25, -0.2) is 9.97 Å². The number of rotatable bonds is 8. The van der Waals surface area contributed by atoms with Crippen molar-refractivity contribution >= 4 is 11.9 Å². The highest BCUT2D eigenvalue weighted by molar-refractivity contribution is 5.79. The quantitative estimate of drug-likeness (QED) is 0.495. The fourth-order valence-corrected chi connectivity index (χ4v) is 3.53. The Hall–Kier alpha value is -2.87. The van der Waals surface area contributed by atoms with Crippen molar-refractivity contribution in [2.45, 2.75) is 33.4 Å². The lowest BCUT2D eigenvalue weighted by Gasteiger charge is -2.34. The van der Waals surface area contributed by atoms with Crippen molar-refractivity contribution in [1.82, 2.24) is 25.5 Å². The molecular weight excluding hydrogens is 390 g/mol. The predicted molar refractivity (Wildman–Crippen MR) is 126 cm³/mol. The van der Waals surface area contributed by atoms with Crippen LogP contribution in [0.5, 0.6) is 5.75 Å². The Morgan fingerprint density at radius 2 is 1.87 bits per heavy atom. The highest BCUT2D eigenvalue weighted by atomic mass is 16.5. The minimum Gasteiger partial charge on any atom is -0.491 e. The molecule has 168 valence electrons. The molecule has 0 radical (unpaired) electrons. The van der Waals surface area contributed by atoms with Gasteiger partial charge in [-0.1, -0.05) is 12.1 Å². The van der Waals surface area contributed by atoms with Gasteiger partial charge in [0.1, 0.15) is 5.75 Å². The third kappa shape index (κ3) is 7.10. The Kier molecular flexibility index (Phi) is 8.46. The van der Waals surface area contributed by atoms with Crippen LogP contribution >= 0.6 is 0 Å². The molecule has 2 aromatic rings. The van der Waals surface area contributed by atoms with Crippen molar-refractivity contribution in [3.05, 3.63) is 47.8 Å². The van der Waals surface area contributed by atoms with Gasteiger partial charge >= 0.3 is 0 Å². The monoisotopic (exact) mass is 425 g/mol. The molecule has 1 fully saturated rings. The summed E-state index contributed by atoms with van der Waals surface area (Å²) < 4.78 is 5.97. The summed E-state index contributed by atoms with van der Waals surface area (Å²) in [5.41, 5.74) is 2.32. The van der Waals surface area contributed by atoms with Crippen LogP contribution in [0.2, 0.25) is 0 Å². The summed E-state index contributed by atoms with van der Waals surface area (Å²) in [4.78, 5) is 17.7. The van der Waals surface area contributed by atoms with Crippen molar-refractivity contribution in [2.24, 2.45) is 4.99 Å². The maximum atomic E-state index is 5.97. The maximum Gasteiger partial charge on any atom is 0.225 e. The maximum absolute atomic E-state index is 5.97. The van der Waals surface area contributed by atoms with Crippen LogP contribution in [0.3, 0.4) is 0 Å². The lowest BCUT2D eigenvalue weighted by atomic mass is 10.1. The van der Waals surface area contributed by atoms with Crippen molar-refractivity contribution in [3.8, 4) is 5.75 Å². The Bertz CT molecular complexity index is 833. The second-order valence-electron chi connectivity index (χ2n) is 8.01. The summed E-state index contributed by atoms with van der Waals surface area (Å²) in [6.07, 6.45) is 3.74. The molecule has 1 saturated heterocycles. The molecule has 0 saturated carbocycles. The summed E-state index contributed by atoms with van der Waals surface area (Å²) >= 11 is 0. The Morgan fingerprint density at radius 3 is 2.55 bits per heavy atom. The SMILES string of the molecule is CN=C(NCCN1CCN(c2ncccn2)CC1)NCc1ccc(C)cc1OC(C)C. The second kappa shape index (κ2) is 11.5. The summed E-state index contributed by atoms with van der Waals surface area (Å²) in [6.45, 7) is 12.6. The van der Waals surface area contributed by atoms with Gasteiger partial charge in [0.25, 0.3) is 0 Å². The van der Waals surface area contributed by atoms with Gasteiger partial charge in [-0.3, -0.25) is 9.89 Å². The van der Waals surface area contributed by atoms with Crippen LogP contribution in [0.1, 0.15) is 25.0 Å².